The van der Waals surface area contributed by atoms with E-state index < -0.39 is 0 Å². The molecule has 3 heterocycles. The molecule has 84 valence electrons. The average molecular weight is 225 g/mol. The molecule has 3 aromatic rings. The number of nitrogens with two attached hydrogens (primary N) is 1. The Bertz CT molecular complexity index is 644. The van der Waals surface area contributed by atoms with Crippen LogP contribution in [0.15, 0.2) is 42.7 Å². The Morgan fingerprint density at radius 1 is 1.18 bits per heavy atom. The van der Waals surface area contributed by atoms with Gasteiger partial charge in [-0.05, 0) is 29.8 Å². The standard InChI is InChI=1S/C12H11N5/c13-8-9-4-6-17-11(7-9)15-16-12(17)10-3-1-2-5-14-10/h1-7H,8,13H2. The van der Waals surface area contributed by atoms with Crippen molar-refractivity contribution in [3.05, 3.63) is 48.3 Å². The van der Waals surface area contributed by atoms with Crippen LogP contribution in [0.1, 0.15) is 5.56 Å². The van der Waals surface area contributed by atoms with Gasteiger partial charge in [0.05, 0.1) is 0 Å². The molecule has 0 fully saturated rings. The predicted molar refractivity (Wildman–Crippen MR) is 64.1 cm³/mol. The summed E-state index contributed by atoms with van der Waals surface area (Å²) in [4.78, 5) is 4.27. The Balaban J connectivity index is 2.19. The monoisotopic (exact) mass is 225 g/mol. The maximum Gasteiger partial charge on any atom is 0.186 e. The number of rotatable bonds is 2. The molecule has 3 rings (SSSR count). The van der Waals surface area contributed by atoms with Gasteiger partial charge in [-0.15, -0.1) is 10.2 Å². The van der Waals surface area contributed by atoms with Gasteiger partial charge >= 0.3 is 0 Å². The topological polar surface area (TPSA) is 69.1 Å². The van der Waals surface area contributed by atoms with Crippen molar-refractivity contribution in [2.75, 3.05) is 0 Å². The number of aromatic nitrogens is 4. The van der Waals surface area contributed by atoms with Crippen molar-refractivity contribution in [3.63, 3.8) is 0 Å². The van der Waals surface area contributed by atoms with Crippen LogP contribution >= 0.6 is 0 Å². The summed E-state index contributed by atoms with van der Waals surface area (Å²) >= 11 is 0. The first-order valence-electron chi connectivity index (χ1n) is 5.33. The summed E-state index contributed by atoms with van der Waals surface area (Å²) in [6.45, 7) is 0.502. The maximum absolute atomic E-state index is 5.59. The Labute approximate surface area is 97.9 Å². The molecule has 0 aliphatic rings. The third-order valence-corrected chi connectivity index (χ3v) is 2.60. The molecule has 17 heavy (non-hydrogen) atoms. The van der Waals surface area contributed by atoms with Crippen molar-refractivity contribution in [3.8, 4) is 11.5 Å². The van der Waals surface area contributed by atoms with Gasteiger partial charge < -0.3 is 5.73 Å². The molecule has 0 saturated heterocycles. The third kappa shape index (κ3) is 1.66. The fraction of sp³-hybridized carbons (Fsp3) is 0.0833. The lowest BCUT2D eigenvalue weighted by Crippen LogP contribution is -1.98. The molecule has 0 spiro atoms. The molecule has 3 aromatic heterocycles. The van der Waals surface area contributed by atoms with E-state index in [0.717, 1.165) is 22.7 Å². The molecule has 0 atom stereocenters. The molecule has 5 nitrogen and oxygen atoms in total. The minimum Gasteiger partial charge on any atom is -0.326 e. The fourth-order valence-electron chi connectivity index (χ4n) is 1.73. The van der Waals surface area contributed by atoms with Gasteiger partial charge in [0.2, 0.25) is 0 Å². The second-order valence-corrected chi connectivity index (χ2v) is 3.71. The summed E-state index contributed by atoms with van der Waals surface area (Å²) in [6.07, 6.45) is 3.66. The van der Waals surface area contributed by atoms with E-state index in [2.05, 4.69) is 15.2 Å². The van der Waals surface area contributed by atoms with Gasteiger partial charge in [-0.1, -0.05) is 6.07 Å². The summed E-state index contributed by atoms with van der Waals surface area (Å²) < 4.78 is 1.90. The van der Waals surface area contributed by atoms with E-state index >= 15 is 0 Å². The molecule has 0 saturated carbocycles. The van der Waals surface area contributed by atoms with Crippen LogP contribution in [-0.4, -0.2) is 19.6 Å². The molecule has 0 radical (unpaired) electrons. The Morgan fingerprint density at radius 2 is 2.12 bits per heavy atom. The van der Waals surface area contributed by atoms with E-state index in [1.165, 1.54) is 0 Å². The third-order valence-electron chi connectivity index (χ3n) is 2.60. The Morgan fingerprint density at radius 3 is 2.88 bits per heavy atom. The van der Waals surface area contributed by atoms with Gasteiger partial charge in [-0.25, -0.2) is 0 Å². The smallest absolute Gasteiger partial charge is 0.186 e. The van der Waals surface area contributed by atoms with Crippen LogP contribution in [0.25, 0.3) is 17.2 Å². The minimum atomic E-state index is 0.502. The SMILES string of the molecule is NCc1ccn2c(-c3ccccn3)nnc2c1. The van der Waals surface area contributed by atoms with Crippen molar-refractivity contribution in [1.29, 1.82) is 0 Å². The summed E-state index contributed by atoms with van der Waals surface area (Å²) in [5, 5.41) is 8.27. The van der Waals surface area contributed by atoms with Crippen LogP contribution in [0.3, 0.4) is 0 Å². The second kappa shape index (κ2) is 3.95. The number of hydrogen-bond acceptors (Lipinski definition) is 4. The Hall–Kier alpha value is -2.27. The van der Waals surface area contributed by atoms with E-state index in [1.807, 2.05) is 40.9 Å². The highest BCUT2D eigenvalue weighted by Crippen LogP contribution is 2.15. The van der Waals surface area contributed by atoms with Gasteiger partial charge in [0.15, 0.2) is 11.5 Å². The lowest BCUT2D eigenvalue weighted by Gasteiger charge is -2.00. The van der Waals surface area contributed by atoms with Crippen LogP contribution in [0.4, 0.5) is 0 Å². The van der Waals surface area contributed by atoms with Crippen LogP contribution in [-0.2, 0) is 6.54 Å². The summed E-state index contributed by atoms with van der Waals surface area (Å²) in [6, 6.07) is 9.60. The molecule has 0 aliphatic heterocycles. The van der Waals surface area contributed by atoms with E-state index in [-0.39, 0.29) is 0 Å². The van der Waals surface area contributed by atoms with Crippen LogP contribution in [0, 0.1) is 0 Å². The van der Waals surface area contributed by atoms with Crippen molar-refractivity contribution < 1.29 is 0 Å². The molecule has 2 N–H and O–H groups in total. The molecular weight excluding hydrogens is 214 g/mol. The highest BCUT2D eigenvalue weighted by atomic mass is 15.2. The van der Waals surface area contributed by atoms with Crippen molar-refractivity contribution in [1.82, 2.24) is 19.6 Å². The first kappa shape index (κ1) is 9.92. The molecular formula is C12H11N5. The zero-order chi connectivity index (χ0) is 11.7. The lowest BCUT2D eigenvalue weighted by atomic mass is 10.2. The van der Waals surface area contributed by atoms with E-state index in [4.69, 9.17) is 5.73 Å². The lowest BCUT2D eigenvalue weighted by molar-refractivity contribution is 1.05. The molecule has 0 aromatic carbocycles. The predicted octanol–water partition coefficient (Wildman–Crippen LogP) is 1.25. The number of fused-ring (bicyclic) bond motifs is 1. The van der Waals surface area contributed by atoms with Gasteiger partial charge in [-0.2, -0.15) is 0 Å². The number of pyridine rings is 2. The summed E-state index contributed by atoms with van der Waals surface area (Å²) in [5.74, 6) is 0.740. The quantitative estimate of drug-likeness (QED) is 0.712. The minimum absolute atomic E-state index is 0.502. The fourth-order valence-corrected chi connectivity index (χ4v) is 1.73. The maximum atomic E-state index is 5.59. The second-order valence-electron chi connectivity index (χ2n) is 3.71. The highest BCUT2D eigenvalue weighted by molar-refractivity contribution is 5.55. The van der Waals surface area contributed by atoms with Crippen molar-refractivity contribution in [2.45, 2.75) is 6.54 Å². The van der Waals surface area contributed by atoms with E-state index in [9.17, 15) is 0 Å². The highest BCUT2D eigenvalue weighted by Gasteiger charge is 2.08. The molecule has 0 bridgehead atoms. The first-order chi connectivity index (χ1) is 8.38. The molecule has 5 heteroatoms. The zero-order valence-electron chi connectivity index (χ0n) is 9.11. The van der Waals surface area contributed by atoms with Crippen LogP contribution in [0.2, 0.25) is 0 Å². The first-order valence-corrected chi connectivity index (χ1v) is 5.33. The average Bonchev–Trinajstić information content (AvgIpc) is 2.82. The van der Waals surface area contributed by atoms with Gasteiger partial charge in [-0.3, -0.25) is 9.38 Å². The number of nitrogens with zero attached hydrogens (tertiary/aromatic N) is 4. The van der Waals surface area contributed by atoms with Gasteiger partial charge in [0.25, 0.3) is 0 Å². The zero-order valence-corrected chi connectivity index (χ0v) is 9.11. The van der Waals surface area contributed by atoms with E-state index in [1.54, 1.807) is 6.20 Å². The molecule has 0 aliphatic carbocycles. The normalized spacial score (nSPS) is 10.9. The van der Waals surface area contributed by atoms with Crippen molar-refractivity contribution in [2.24, 2.45) is 5.73 Å². The molecule has 0 amide bonds. The molecule has 0 unspecified atom stereocenters. The van der Waals surface area contributed by atoms with Crippen LogP contribution in [0.5, 0.6) is 0 Å². The van der Waals surface area contributed by atoms with Crippen LogP contribution < -0.4 is 5.73 Å². The Kier molecular flexibility index (Phi) is 2.31. The van der Waals surface area contributed by atoms with Gasteiger partial charge in [0.1, 0.15) is 5.69 Å². The summed E-state index contributed by atoms with van der Waals surface area (Å²) in [7, 11) is 0. The van der Waals surface area contributed by atoms with Gasteiger partial charge in [0, 0.05) is 18.9 Å². The largest absolute Gasteiger partial charge is 0.326 e. The summed E-state index contributed by atoms with van der Waals surface area (Å²) in [5.41, 5.74) is 8.22. The van der Waals surface area contributed by atoms with E-state index in [0.29, 0.717) is 6.54 Å². The number of hydrogen-bond donors (Lipinski definition) is 1. The van der Waals surface area contributed by atoms with Crippen molar-refractivity contribution >= 4 is 5.65 Å².